The monoisotopic (exact) mass is 237 g/mol. The third-order valence-corrected chi connectivity index (χ3v) is 3.23. The molecule has 17 heavy (non-hydrogen) atoms. The van der Waals surface area contributed by atoms with Crippen molar-refractivity contribution in [1.82, 2.24) is 10.2 Å². The van der Waals surface area contributed by atoms with E-state index in [0.29, 0.717) is 5.92 Å². The third kappa shape index (κ3) is 3.45. The predicted molar refractivity (Wildman–Crippen MR) is 68.4 cm³/mol. The van der Waals surface area contributed by atoms with E-state index in [1.54, 1.807) is 7.11 Å². The van der Waals surface area contributed by atoms with Crippen molar-refractivity contribution in [3.05, 3.63) is 11.3 Å². The zero-order valence-corrected chi connectivity index (χ0v) is 11.3. The van der Waals surface area contributed by atoms with E-state index in [1.807, 2.05) is 6.92 Å². The second kappa shape index (κ2) is 6.63. The molecule has 4 heteroatoms. The largest absolute Gasteiger partial charge is 0.377 e. The van der Waals surface area contributed by atoms with Crippen molar-refractivity contribution in [2.24, 2.45) is 5.92 Å². The van der Waals surface area contributed by atoms with Gasteiger partial charge < -0.3 is 15.0 Å². The number of nitrogens with one attached hydrogen (secondary N) is 1. The van der Waals surface area contributed by atoms with Crippen molar-refractivity contribution < 1.29 is 4.74 Å². The number of ether oxygens (including phenoxy) is 1. The van der Waals surface area contributed by atoms with E-state index >= 15 is 0 Å². The Bertz CT molecular complexity index is 311. The Morgan fingerprint density at radius 2 is 1.88 bits per heavy atom. The van der Waals surface area contributed by atoms with Gasteiger partial charge in [0.25, 0.3) is 0 Å². The van der Waals surface area contributed by atoms with Crippen LogP contribution in [0.1, 0.15) is 20.8 Å². The number of nitrogens with zero attached hydrogens (tertiary/aromatic N) is 2. The summed E-state index contributed by atoms with van der Waals surface area (Å²) < 4.78 is 5.40. The summed E-state index contributed by atoms with van der Waals surface area (Å²) in [6, 6.07) is 2.37. The van der Waals surface area contributed by atoms with Gasteiger partial charge in [0.1, 0.15) is 11.8 Å². The first-order valence-electron chi connectivity index (χ1n) is 6.24. The molecular weight excluding hydrogens is 214 g/mol. The molecule has 96 valence electrons. The molecule has 0 radical (unpaired) electrons. The topological polar surface area (TPSA) is 48.3 Å². The first kappa shape index (κ1) is 14.0. The maximum atomic E-state index is 9.42. The fourth-order valence-corrected chi connectivity index (χ4v) is 2.27. The van der Waals surface area contributed by atoms with Gasteiger partial charge in [0.05, 0.1) is 6.10 Å². The van der Waals surface area contributed by atoms with Gasteiger partial charge in [-0.25, -0.2) is 0 Å². The minimum atomic E-state index is -0.000430. The lowest BCUT2D eigenvalue weighted by atomic mass is 9.95. The summed E-state index contributed by atoms with van der Waals surface area (Å²) >= 11 is 0. The van der Waals surface area contributed by atoms with Crippen LogP contribution in [0.2, 0.25) is 0 Å². The van der Waals surface area contributed by atoms with Crippen LogP contribution in [0.5, 0.6) is 0 Å². The van der Waals surface area contributed by atoms with Gasteiger partial charge in [-0.2, -0.15) is 5.26 Å². The maximum absolute atomic E-state index is 9.42. The summed E-state index contributed by atoms with van der Waals surface area (Å²) in [7, 11) is 1.69. The fraction of sp³-hybridized carbons (Fsp3) is 0.769. The zero-order valence-electron chi connectivity index (χ0n) is 11.3. The first-order chi connectivity index (χ1) is 8.11. The Kier molecular flexibility index (Phi) is 5.46. The molecule has 1 heterocycles. The van der Waals surface area contributed by atoms with Crippen molar-refractivity contribution in [3.8, 4) is 6.07 Å². The maximum Gasteiger partial charge on any atom is 0.118 e. The lowest BCUT2D eigenvalue weighted by Crippen LogP contribution is -2.43. The predicted octanol–water partition coefficient (Wildman–Crippen LogP) is 1.36. The van der Waals surface area contributed by atoms with Crippen molar-refractivity contribution in [2.75, 3.05) is 33.3 Å². The molecule has 4 nitrogen and oxygen atoms in total. The van der Waals surface area contributed by atoms with Crippen LogP contribution in [-0.4, -0.2) is 44.3 Å². The minimum absolute atomic E-state index is 0.000430. The molecule has 1 saturated heterocycles. The summed E-state index contributed by atoms with van der Waals surface area (Å²) in [5.41, 5.74) is 1.91. The van der Waals surface area contributed by atoms with Gasteiger partial charge in [0.2, 0.25) is 0 Å². The number of hydrogen-bond acceptors (Lipinski definition) is 4. The number of hydrogen-bond donors (Lipinski definition) is 1. The normalized spacial score (nSPS) is 19.9. The molecule has 0 aliphatic carbocycles. The van der Waals surface area contributed by atoms with Gasteiger partial charge in [0.15, 0.2) is 0 Å². The number of piperazine rings is 1. The number of rotatable bonds is 4. The van der Waals surface area contributed by atoms with E-state index in [9.17, 15) is 5.26 Å². The van der Waals surface area contributed by atoms with Gasteiger partial charge >= 0.3 is 0 Å². The average molecular weight is 237 g/mol. The van der Waals surface area contributed by atoms with Crippen molar-refractivity contribution in [1.29, 1.82) is 5.26 Å². The molecule has 1 atom stereocenters. The molecule has 0 saturated carbocycles. The highest BCUT2D eigenvalue weighted by Crippen LogP contribution is 2.23. The molecule has 0 aromatic heterocycles. The van der Waals surface area contributed by atoms with E-state index in [1.165, 1.54) is 0 Å². The van der Waals surface area contributed by atoms with Crippen molar-refractivity contribution in [3.63, 3.8) is 0 Å². The smallest absolute Gasteiger partial charge is 0.118 e. The van der Waals surface area contributed by atoms with E-state index in [2.05, 4.69) is 30.1 Å². The molecule has 1 aliphatic heterocycles. The van der Waals surface area contributed by atoms with Crippen molar-refractivity contribution in [2.45, 2.75) is 26.9 Å². The van der Waals surface area contributed by atoms with Gasteiger partial charge in [0, 0.05) is 33.3 Å². The van der Waals surface area contributed by atoms with Crippen LogP contribution in [-0.2, 0) is 4.74 Å². The average Bonchev–Trinajstić information content (AvgIpc) is 2.35. The van der Waals surface area contributed by atoms with E-state index < -0.39 is 0 Å². The van der Waals surface area contributed by atoms with Gasteiger partial charge in [-0.3, -0.25) is 0 Å². The highest BCUT2D eigenvalue weighted by Gasteiger charge is 2.22. The molecule has 0 bridgehead atoms. The molecule has 0 aromatic rings. The van der Waals surface area contributed by atoms with Crippen LogP contribution in [0.4, 0.5) is 0 Å². The highest BCUT2D eigenvalue weighted by atomic mass is 16.5. The second-order valence-electron chi connectivity index (χ2n) is 4.69. The number of allylic oxidation sites excluding steroid dienone is 1. The number of nitriles is 1. The molecule has 0 spiro atoms. The van der Waals surface area contributed by atoms with Crippen LogP contribution in [0.25, 0.3) is 0 Å². The van der Waals surface area contributed by atoms with E-state index in [4.69, 9.17) is 4.74 Å². The summed E-state index contributed by atoms with van der Waals surface area (Å²) in [4.78, 5) is 2.17. The Labute approximate surface area is 104 Å². The molecule has 1 N–H and O–H groups in total. The SMILES string of the molecule is COC(C)C(=C(C#N)N1CCNCC1)C(C)C. The molecule has 1 rings (SSSR count). The van der Waals surface area contributed by atoms with Crippen LogP contribution in [0.15, 0.2) is 11.3 Å². The van der Waals surface area contributed by atoms with E-state index in [-0.39, 0.29) is 6.10 Å². The Hall–Kier alpha value is -1.05. The molecule has 1 aliphatic rings. The van der Waals surface area contributed by atoms with Crippen LogP contribution in [0.3, 0.4) is 0 Å². The standard InChI is InChI=1S/C13H23N3O/c1-10(2)13(11(3)17-4)12(9-14)16-7-5-15-6-8-16/h10-11,15H,5-8H2,1-4H3. The summed E-state index contributed by atoms with van der Waals surface area (Å²) in [6.45, 7) is 9.92. The number of methoxy groups -OCH3 is 1. The molecule has 1 unspecified atom stereocenters. The molecular formula is C13H23N3O. The third-order valence-electron chi connectivity index (χ3n) is 3.23. The van der Waals surface area contributed by atoms with Crippen LogP contribution >= 0.6 is 0 Å². The lowest BCUT2D eigenvalue weighted by molar-refractivity contribution is 0.135. The summed E-state index contributed by atoms with van der Waals surface area (Å²) in [6.07, 6.45) is -0.000430. The summed E-state index contributed by atoms with van der Waals surface area (Å²) in [5, 5.41) is 12.7. The molecule has 0 aromatic carbocycles. The molecule has 0 amide bonds. The Morgan fingerprint density at radius 3 is 2.29 bits per heavy atom. The quantitative estimate of drug-likeness (QED) is 0.750. The van der Waals surface area contributed by atoms with Gasteiger partial charge in [-0.15, -0.1) is 0 Å². The highest BCUT2D eigenvalue weighted by molar-refractivity contribution is 5.30. The van der Waals surface area contributed by atoms with E-state index in [0.717, 1.165) is 37.4 Å². The van der Waals surface area contributed by atoms with Gasteiger partial charge in [-0.05, 0) is 18.4 Å². The second-order valence-corrected chi connectivity index (χ2v) is 4.69. The fourth-order valence-electron chi connectivity index (χ4n) is 2.27. The Balaban J connectivity index is 3.02. The lowest BCUT2D eigenvalue weighted by Gasteiger charge is -2.32. The van der Waals surface area contributed by atoms with Crippen LogP contribution in [0, 0.1) is 17.2 Å². The van der Waals surface area contributed by atoms with Crippen molar-refractivity contribution >= 4 is 0 Å². The Morgan fingerprint density at radius 1 is 1.29 bits per heavy atom. The summed E-state index contributed by atoms with van der Waals surface area (Å²) in [5.74, 6) is 0.328. The molecule has 1 fully saturated rings. The minimum Gasteiger partial charge on any atom is -0.377 e. The first-order valence-corrected chi connectivity index (χ1v) is 6.24. The van der Waals surface area contributed by atoms with Crippen LogP contribution < -0.4 is 5.32 Å². The zero-order chi connectivity index (χ0) is 12.8. The van der Waals surface area contributed by atoms with Gasteiger partial charge in [-0.1, -0.05) is 13.8 Å².